The summed E-state index contributed by atoms with van der Waals surface area (Å²) < 4.78 is 0. The first-order valence-electron chi connectivity index (χ1n) is 7.52. The summed E-state index contributed by atoms with van der Waals surface area (Å²) in [4.78, 5) is 25.4. The molecule has 120 valence electrons. The van der Waals surface area contributed by atoms with Crippen molar-refractivity contribution in [1.29, 1.82) is 0 Å². The molecule has 2 atom stereocenters. The normalized spacial score (nSPS) is 20.4. The van der Waals surface area contributed by atoms with E-state index in [9.17, 15) is 9.59 Å². The molecule has 0 radical (unpaired) electrons. The van der Waals surface area contributed by atoms with Gasteiger partial charge in [0.05, 0.1) is 18.5 Å². The van der Waals surface area contributed by atoms with Gasteiger partial charge < -0.3 is 11.1 Å². The number of likely N-dealkylation sites (tertiary alicyclic amines) is 1. The number of carbonyl (C=O) groups is 2. The number of hydrogen-bond donors (Lipinski definition) is 2. The topological polar surface area (TPSA) is 75.4 Å². The molecule has 5 nitrogen and oxygen atoms in total. The maximum Gasteiger partial charge on any atom is 0.234 e. The van der Waals surface area contributed by atoms with E-state index >= 15 is 0 Å². The van der Waals surface area contributed by atoms with Crippen LogP contribution in [0.4, 0.5) is 0 Å². The Labute approximate surface area is 135 Å². The molecule has 2 amide bonds. The van der Waals surface area contributed by atoms with Crippen LogP contribution in [0.5, 0.6) is 0 Å². The summed E-state index contributed by atoms with van der Waals surface area (Å²) in [6, 6.07) is 7.33. The number of benzene rings is 1. The van der Waals surface area contributed by atoms with Gasteiger partial charge >= 0.3 is 0 Å². The molecule has 1 aliphatic heterocycles. The minimum absolute atomic E-state index is 0.0485. The molecule has 1 aliphatic rings. The van der Waals surface area contributed by atoms with E-state index < -0.39 is 0 Å². The van der Waals surface area contributed by atoms with Gasteiger partial charge in [0, 0.05) is 11.6 Å². The van der Waals surface area contributed by atoms with Crippen LogP contribution in [0.2, 0.25) is 5.02 Å². The van der Waals surface area contributed by atoms with Crippen LogP contribution >= 0.6 is 11.6 Å². The first kappa shape index (κ1) is 16.8. The highest BCUT2D eigenvalue weighted by Gasteiger charge is 2.25. The van der Waals surface area contributed by atoms with Crippen molar-refractivity contribution in [3.8, 4) is 0 Å². The summed E-state index contributed by atoms with van der Waals surface area (Å²) in [6.45, 7) is 3.62. The standard InChI is InChI=1S/C16H22ClN3O2/c1-11(12-4-6-14(17)7-5-12)19-15(21)10-20-8-2-3-13(9-20)16(18)22/h4-7,11,13H,2-3,8-10H2,1H3,(H2,18,22)(H,19,21)/t11-,13+/m1/s1. The summed E-state index contributed by atoms with van der Waals surface area (Å²) in [5.41, 5.74) is 6.36. The van der Waals surface area contributed by atoms with Crippen molar-refractivity contribution >= 4 is 23.4 Å². The van der Waals surface area contributed by atoms with Gasteiger partial charge in [-0.2, -0.15) is 0 Å². The van der Waals surface area contributed by atoms with Gasteiger partial charge in [0.25, 0.3) is 0 Å². The van der Waals surface area contributed by atoms with E-state index in [0.717, 1.165) is 24.9 Å². The molecule has 0 saturated carbocycles. The minimum Gasteiger partial charge on any atom is -0.369 e. The maximum absolute atomic E-state index is 12.1. The van der Waals surface area contributed by atoms with Crippen molar-refractivity contribution in [1.82, 2.24) is 10.2 Å². The Kier molecular flexibility index (Phi) is 5.80. The Hall–Kier alpha value is -1.59. The summed E-state index contributed by atoms with van der Waals surface area (Å²) in [7, 11) is 0. The Bertz CT molecular complexity index is 533. The van der Waals surface area contributed by atoms with Crippen LogP contribution in [-0.4, -0.2) is 36.3 Å². The molecule has 0 aromatic heterocycles. The molecule has 0 unspecified atom stereocenters. The lowest BCUT2D eigenvalue weighted by atomic mass is 9.97. The Balaban J connectivity index is 1.84. The average Bonchev–Trinajstić information content (AvgIpc) is 2.47. The lowest BCUT2D eigenvalue weighted by Crippen LogP contribution is -2.45. The van der Waals surface area contributed by atoms with E-state index in [1.807, 2.05) is 36.1 Å². The zero-order valence-corrected chi connectivity index (χ0v) is 13.5. The second-order valence-corrected chi connectivity index (χ2v) is 6.25. The zero-order valence-electron chi connectivity index (χ0n) is 12.7. The number of rotatable bonds is 5. The Morgan fingerprint density at radius 1 is 1.41 bits per heavy atom. The largest absolute Gasteiger partial charge is 0.369 e. The number of carbonyl (C=O) groups excluding carboxylic acids is 2. The van der Waals surface area contributed by atoms with Gasteiger partial charge in [-0.15, -0.1) is 0 Å². The van der Waals surface area contributed by atoms with Crippen molar-refractivity contribution in [3.63, 3.8) is 0 Å². The van der Waals surface area contributed by atoms with Gasteiger partial charge in [0.15, 0.2) is 0 Å². The lowest BCUT2D eigenvalue weighted by Gasteiger charge is -2.30. The third kappa shape index (κ3) is 4.71. The van der Waals surface area contributed by atoms with Gasteiger partial charge in [-0.3, -0.25) is 14.5 Å². The summed E-state index contributed by atoms with van der Waals surface area (Å²) >= 11 is 5.86. The number of nitrogens with two attached hydrogens (primary N) is 1. The van der Waals surface area contributed by atoms with Crippen LogP contribution in [-0.2, 0) is 9.59 Å². The number of nitrogens with one attached hydrogen (secondary N) is 1. The molecule has 0 bridgehead atoms. The first-order chi connectivity index (χ1) is 10.5. The molecule has 0 aliphatic carbocycles. The molecule has 2 rings (SSSR count). The van der Waals surface area contributed by atoms with E-state index in [0.29, 0.717) is 18.1 Å². The van der Waals surface area contributed by atoms with Crippen molar-refractivity contribution < 1.29 is 9.59 Å². The number of halogens is 1. The van der Waals surface area contributed by atoms with Gasteiger partial charge in [-0.1, -0.05) is 23.7 Å². The fourth-order valence-electron chi connectivity index (χ4n) is 2.76. The highest BCUT2D eigenvalue weighted by atomic mass is 35.5. The van der Waals surface area contributed by atoms with Crippen LogP contribution in [0, 0.1) is 5.92 Å². The van der Waals surface area contributed by atoms with Gasteiger partial charge in [0.2, 0.25) is 11.8 Å². The SMILES string of the molecule is C[C@@H](NC(=O)CN1CCC[C@H](C(N)=O)C1)c1ccc(Cl)cc1. The molecular weight excluding hydrogens is 302 g/mol. The molecule has 1 fully saturated rings. The fraction of sp³-hybridized carbons (Fsp3) is 0.500. The van der Waals surface area contributed by atoms with Crippen LogP contribution in [0.1, 0.15) is 31.4 Å². The third-order valence-electron chi connectivity index (χ3n) is 4.02. The quantitative estimate of drug-likeness (QED) is 0.866. The van der Waals surface area contributed by atoms with E-state index in [1.54, 1.807) is 0 Å². The molecule has 1 aromatic rings. The molecular formula is C16H22ClN3O2. The minimum atomic E-state index is -0.278. The molecule has 1 aromatic carbocycles. The molecule has 6 heteroatoms. The fourth-order valence-corrected chi connectivity index (χ4v) is 2.88. The molecule has 0 spiro atoms. The highest BCUT2D eigenvalue weighted by molar-refractivity contribution is 6.30. The average molecular weight is 324 g/mol. The lowest BCUT2D eigenvalue weighted by molar-refractivity contribution is -0.127. The number of piperidine rings is 1. The predicted molar refractivity (Wildman–Crippen MR) is 86.4 cm³/mol. The summed E-state index contributed by atoms with van der Waals surface area (Å²) in [5, 5.41) is 3.64. The smallest absolute Gasteiger partial charge is 0.234 e. The molecule has 3 N–H and O–H groups in total. The molecule has 1 saturated heterocycles. The van der Waals surface area contributed by atoms with Gasteiger partial charge in [-0.25, -0.2) is 0 Å². The van der Waals surface area contributed by atoms with E-state index in [4.69, 9.17) is 17.3 Å². The number of hydrogen-bond acceptors (Lipinski definition) is 3. The summed E-state index contributed by atoms with van der Waals surface area (Å²) in [6.07, 6.45) is 1.71. The van der Waals surface area contributed by atoms with Crippen LogP contribution in [0.3, 0.4) is 0 Å². The van der Waals surface area contributed by atoms with Crippen LogP contribution < -0.4 is 11.1 Å². The van der Waals surface area contributed by atoms with Gasteiger partial charge in [-0.05, 0) is 44.0 Å². The van der Waals surface area contributed by atoms with Crippen LogP contribution in [0.25, 0.3) is 0 Å². The van der Waals surface area contributed by atoms with E-state index in [2.05, 4.69) is 5.32 Å². The number of nitrogens with zero attached hydrogens (tertiary/aromatic N) is 1. The second kappa shape index (κ2) is 7.61. The Morgan fingerprint density at radius 3 is 2.73 bits per heavy atom. The maximum atomic E-state index is 12.1. The summed E-state index contributed by atoms with van der Waals surface area (Å²) in [5.74, 6) is -0.470. The van der Waals surface area contributed by atoms with Crippen molar-refractivity contribution in [2.45, 2.75) is 25.8 Å². The first-order valence-corrected chi connectivity index (χ1v) is 7.90. The zero-order chi connectivity index (χ0) is 16.1. The Morgan fingerprint density at radius 2 is 2.09 bits per heavy atom. The van der Waals surface area contributed by atoms with Crippen molar-refractivity contribution in [3.05, 3.63) is 34.9 Å². The number of amides is 2. The highest BCUT2D eigenvalue weighted by Crippen LogP contribution is 2.17. The van der Waals surface area contributed by atoms with Crippen molar-refractivity contribution in [2.75, 3.05) is 19.6 Å². The van der Waals surface area contributed by atoms with E-state index in [-0.39, 0.29) is 23.8 Å². The predicted octanol–water partition coefficient (Wildman–Crippen LogP) is 1.71. The van der Waals surface area contributed by atoms with Gasteiger partial charge in [0.1, 0.15) is 0 Å². The molecule has 22 heavy (non-hydrogen) atoms. The third-order valence-corrected chi connectivity index (χ3v) is 4.27. The van der Waals surface area contributed by atoms with Crippen LogP contribution in [0.15, 0.2) is 24.3 Å². The number of primary amides is 1. The monoisotopic (exact) mass is 323 g/mol. The van der Waals surface area contributed by atoms with E-state index in [1.165, 1.54) is 0 Å². The molecule has 1 heterocycles. The van der Waals surface area contributed by atoms with Crippen molar-refractivity contribution in [2.24, 2.45) is 11.7 Å². The second-order valence-electron chi connectivity index (χ2n) is 5.82.